The smallest absolute Gasteiger partial charge is 0.222 e. The summed E-state index contributed by atoms with van der Waals surface area (Å²) >= 11 is 0. The fourth-order valence-electron chi connectivity index (χ4n) is 2.58. The minimum Gasteiger partial charge on any atom is -0.388 e. The van der Waals surface area contributed by atoms with Gasteiger partial charge in [0.2, 0.25) is 5.91 Å². The highest BCUT2D eigenvalue weighted by atomic mass is 16.5. The van der Waals surface area contributed by atoms with Crippen molar-refractivity contribution < 1.29 is 19.7 Å². The van der Waals surface area contributed by atoms with Gasteiger partial charge in [0.1, 0.15) is 18.3 Å². The van der Waals surface area contributed by atoms with E-state index in [2.05, 4.69) is 20.9 Å². The molecule has 9 heteroatoms. The summed E-state index contributed by atoms with van der Waals surface area (Å²) in [5.74, 6) is -0.214. The van der Waals surface area contributed by atoms with Crippen LogP contribution < -0.4 is 10.6 Å². The van der Waals surface area contributed by atoms with Crippen LogP contribution in [0.25, 0.3) is 0 Å². The Morgan fingerprint density at radius 1 is 1.39 bits per heavy atom. The lowest BCUT2D eigenvalue weighted by molar-refractivity contribution is -0.125. The van der Waals surface area contributed by atoms with Crippen molar-refractivity contribution in [2.75, 3.05) is 7.05 Å². The van der Waals surface area contributed by atoms with Gasteiger partial charge in [0.05, 0.1) is 24.8 Å². The van der Waals surface area contributed by atoms with Crippen molar-refractivity contribution in [1.29, 1.82) is 0 Å². The third-order valence-electron chi connectivity index (χ3n) is 3.61. The Labute approximate surface area is 135 Å². The Morgan fingerprint density at radius 2 is 2.09 bits per heavy atom. The average molecular weight is 327 g/mol. The zero-order valence-corrected chi connectivity index (χ0v) is 13.6. The van der Waals surface area contributed by atoms with Gasteiger partial charge in [-0.25, -0.2) is 4.68 Å². The standard InChI is InChI=1S/C14H25N5O4/c1-8(2)16-12(20)4-10-13(21)14(22)11(23-10)7-19-6-9(5-15-3)17-18-19/h6,8,10-11,13-15,21-22H,4-5,7H2,1-3H3,(H,16,20)/t10-,11+,13-,14+/m0/s1. The molecule has 1 amide bonds. The van der Waals surface area contributed by atoms with E-state index in [0.717, 1.165) is 5.69 Å². The first-order valence-corrected chi connectivity index (χ1v) is 7.75. The van der Waals surface area contributed by atoms with Gasteiger partial charge in [-0.05, 0) is 20.9 Å². The first-order valence-electron chi connectivity index (χ1n) is 7.75. The minimum absolute atomic E-state index is 0.00919. The quantitative estimate of drug-likeness (QED) is 0.476. The highest BCUT2D eigenvalue weighted by Gasteiger charge is 2.43. The summed E-state index contributed by atoms with van der Waals surface area (Å²) in [6.07, 6.45) is -1.77. The van der Waals surface area contributed by atoms with Crippen LogP contribution in [-0.4, -0.2) is 68.6 Å². The van der Waals surface area contributed by atoms with Crippen LogP contribution in [0.4, 0.5) is 0 Å². The summed E-state index contributed by atoms with van der Waals surface area (Å²) in [7, 11) is 1.81. The maximum Gasteiger partial charge on any atom is 0.222 e. The molecule has 0 unspecified atom stereocenters. The molecule has 23 heavy (non-hydrogen) atoms. The first-order chi connectivity index (χ1) is 10.9. The van der Waals surface area contributed by atoms with Crippen LogP contribution in [0.3, 0.4) is 0 Å². The molecular weight excluding hydrogens is 302 g/mol. The summed E-state index contributed by atoms with van der Waals surface area (Å²) in [6.45, 7) is 4.57. The van der Waals surface area contributed by atoms with Gasteiger partial charge >= 0.3 is 0 Å². The molecule has 1 aliphatic heterocycles. The molecule has 1 fully saturated rings. The minimum atomic E-state index is -1.10. The number of hydrogen-bond acceptors (Lipinski definition) is 7. The van der Waals surface area contributed by atoms with Crippen LogP contribution in [0, 0.1) is 0 Å². The molecule has 0 spiro atoms. The Morgan fingerprint density at radius 3 is 2.74 bits per heavy atom. The van der Waals surface area contributed by atoms with Gasteiger partial charge in [0.15, 0.2) is 0 Å². The number of nitrogens with one attached hydrogen (secondary N) is 2. The number of aliphatic hydroxyl groups excluding tert-OH is 2. The van der Waals surface area contributed by atoms with E-state index in [1.807, 2.05) is 20.9 Å². The van der Waals surface area contributed by atoms with E-state index >= 15 is 0 Å². The summed E-state index contributed by atoms with van der Waals surface area (Å²) in [5, 5.41) is 33.8. The van der Waals surface area contributed by atoms with Gasteiger partial charge in [0.25, 0.3) is 0 Å². The van der Waals surface area contributed by atoms with E-state index in [9.17, 15) is 15.0 Å². The molecule has 1 aliphatic rings. The number of rotatable bonds is 7. The Balaban J connectivity index is 1.92. The van der Waals surface area contributed by atoms with E-state index in [0.29, 0.717) is 6.54 Å². The normalized spacial score (nSPS) is 27.6. The van der Waals surface area contributed by atoms with Gasteiger partial charge in [0, 0.05) is 18.8 Å². The summed E-state index contributed by atoms with van der Waals surface area (Å²) in [5.41, 5.74) is 0.772. The SMILES string of the molecule is CNCc1cn(C[C@H]2O[C@@H](CC(=O)NC(C)C)[C@H](O)[C@@H]2O)nn1. The van der Waals surface area contributed by atoms with Crippen LogP contribution in [-0.2, 0) is 22.6 Å². The second-order valence-electron chi connectivity index (χ2n) is 6.08. The number of nitrogens with zero attached hydrogens (tertiary/aromatic N) is 3. The van der Waals surface area contributed by atoms with E-state index < -0.39 is 24.4 Å². The fraction of sp³-hybridized carbons (Fsp3) is 0.786. The number of hydrogen-bond donors (Lipinski definition) is 4. The fourth-order valence-corrected chi connectivity index (χ4v) is 2.58. The van der Waals surface area contributed by atoms with Gasteiger partial charge in [-0.2, -0.15) is 0 Å². The lowest BCUT2D eigenvalue weighted by Gasteiger charge is -2.15. The number of aromatic nitrogens is 3. The molecule has 0 radical (unpaired) electrons. The summed E-state index contributed by atoms with van der Waals surface area (Å²) in [4.78, 5) is 11.8. The Hall–Kier alpha value is -1.55. The molecule has 1 aromatic rings. The van der Waals surface area contributed by atoms with Gasteiger partial charge < -0.3 is 25.6 Å². The van der Waals surface area contributed by atoms with Crippen molar-refractivity contribution in [3.05, 3.63) is 11.9 Å². The van der Waals surface area contributed by atoms with Gasteiger partial charge in [-0.1, -0.05) is 5.21 Å². The topological polar surface area (TPSA) is 122 Å². The van der Waals surface area contributed by atoms with Crippen molar-refractivity contribution in [2.45, 2.75) is 63.8 Å². The molecule has 0 saturated carbocycles. The van der Waals surface area contributed by atoms with E-state index in [-0.39, 0.29) is 24.9 Å². The third-order valence-corrected chi connectivity index (χ3v) is 3.61. The van der Waals surface area contributed by atoms with Crippen molar-refractivity contribution in [1.82, 2.24) is 25.6 Å². The maximum atomic E-state index is 11.8. The van der Waals surface area contributed by atoms with Crippen molar-refractivity contribution >= 4 is 5.91 Å². The van der Waals surface area contributed by atoms with Crippen LogP contribution in [0.2, 0.25) is 0 Å². The molecule has 9 nitrogen and oxygen atoms in total. The molecule has 1 aromatic heterocycles. The lowest BCUT2D eigenvalue weighted by atomic mass is 10.1. The molecule has 0 bridgehead atoms. The van der Waals surface area contributed by atoms with Gasteiger partial charge in [-0.3, -0.25) is 4.79 Å². The highest BCUT2D eigenvalue weighted by Crippen LogP contribution is 2.24. The van der Waals surface area contributed by atoms with E-state index in [4.69, 9.17) is 4.74 Å². The molecule has 0 aromatic carbocycles. The highest BCUT2D eigenvalue weighted by molar-refractivity contribution is 5.76. The number of amides is 1. The maximum absolute atomic E-state index is 11.8. The predicted molar refractivity (Wildman–Crippen MR) is 81.4 cm³/mol. The summed E-state index contributed by atoms with van der Waals surface area (Å²) in [6, 6.07) is 0.0162. The van der Waals surface area contributed by atoms with Crippen molar-refractivity contribution in [2.24, 2.45) is 0 Å². The largest absolute Gasteiger partial charge is 0.388 e. The molecular formula is C14H25N5O4. The number of ether oxygens (including phenoxy) is 1. The van der Waals surface area contributed by atoms with Crippen LogP contribution in [0.1, 0.15) is 26.0 Å². The Bertz CT molecular complexity index is 521. The molecule has 0 aliphatic carbocycles. The van der Waals surface area contributed by atoms with Gasteiger partial charge in [-0.15, -0.1) is 5.10 Å². The van der Waals surface area contributed by atoms with Crippen molar-refractivity contribution in [3.8, 4) is 0 Å². The number of carbonyl (C=O) groups is 1. The molecule has 4 N–H and O–H groups in total. The zero-order valence-electron chi connectivity index (χ0n) is 13.6. The monoisotopic (exact) mass is 327 g/mol. The zero-order chi connectivity index (χ0) is 17.0. The van der Waals surface area contributed by atoms with Crippen LogP contribution >= 0.6 is 0 Å². The molecule has 130 valence electrons. The summed E-state index contributed by atoms with van der Waals surface area (Å²) < 4.78 is 7.21. The van der Waals surface area contributed by atoms with E-state index in [1.165, 1.54) is 0 Å². The predicted octanol–water partition coefficient (Wildman–Crippen LogP) is -1.60. The lowest BCUT2D eigenvalue weighted by Crippen LogP contribution is -2.38. The second kappa shape index (κ2) is 7.82. The van der Waals surface area contributed by atoms with Crippen LogP contribution in [0.5, 0.6) is 0 Å². The second-order valence-corrected chi connectivity index (χ2v) is 6.08. The van der Waals surface area contributed by atoms with E-state index in [1.54, 1.807) is 10.9 Å². The third kappa shape index (κ3) is 4.71. The first kappa shape index (κ1) is 17.8. The molecule has 2 rings (SSSR count). The Kier molecular flexibility index (Phi) is 6.05. The number of aliphatic hydroxyl groups is 2. The molecule has 2 heterocycles. The van der Waals surface area contributed by atoms with Crippen molar-refractivity contribution in [3.63, 3.8) is 0 Å². The average Bonchev–Trinajstić information content (AvgIpc) is 3.00. The number of carbonyl (C=O) groups excluding carboxylic acids is 1. The molecule has 1 saturated heterocycles. The molecule has 4 atom stereocenters. The van der Waals surface area contributed by atoms with Crippen LogP contribution in [0.15, 0.2) is 6.20 Å².